The zero-order valence-electron chi connectivity index (χ0n) is 28.2. The molecule has 0 bridgehead atoms. The Labute approximate surface area is 285 Å². The molecule has 5 rings (SSSR count). The number of esters is 1. The number of hydrogen-bond acceptors (Lipinski definition) is 9. The van der Waals surface area contributed by atoms with Crippen molar-refractivity contribution in [1.29, 1.82) is 0 Å². The number of benzene rings is 1. The molecular formula is C35H45ClN4O8. The number of ether oxygens (including phenoxy) is 4. The van der Waals surface area contributed by atoms with Crippen molar-refractivity contribution in [2.75, 3.05) is 20.3 Å². The van der Waals surface area contributed by atoms with Crippen molar-refractivity contribution < 1.29 is 38.1 Å². The van der Waals surface area contributed by atoms with Gasteiger partial charge in [-0.05, 0) is 65.5 Å². The van der Waals surface area contributed by atoms with Crippen molar-refractivity contribution >= 4 is 46.4 Å². The van der Waals surface area contributed by atoms with Crippen LogP contribution in [0.5, 0.6) is 11.6 Å². The van der Waals surface area contributed by atoms with Gasteiger partial charge < -0.3 is 34.5 Å². The second-order valence-electron chi connectivity index (χ2n) is 13.5. The first-order valence-corrected chi connectivity index (χ1v) is 17.0. The standard InChI is InChI=1S/C35H45ClN4O8/c1-6-46-28-18-27(23-14-12-15-24(36)29(23)38-28)47-22-17-26-30(41)39-35(32(43)45-5)19-21(35)13-10-8-7-9-11-16-25(31(42)40(26)20-22)37-33(44)48-34(2,3)4/h10,12-15,18,21-22,25-26H,6-9,11,16-17,19-20H2,1-5H3,(H,37,44)(H,39,41)/b13-10-. The zero-order chi connectivity index (χ0) is 34.6. The van der Waals surface area contributed by atoms with Crippen molar-refractivity contribution in [3.63, 3.8) is 0 Å². The molecule has 3 heterocycles. The maximum atomic E-state index is 14.3. The predicted molar refractivity (Wildman–Crippen MR) is 179 cm³/mol. The smallest absolute Gasteiger partial charge is 0.408 e. The van der Waals surface area contributed by atoms with E-state index in [2.05, 4.69) is 15.6 Å². The first-order chi connectivity index (χ1) is 22.8. The molecule has 48 heavy (non-hydrogen) atoms. The van der Waals surface area contributed by atoms with Crippen molar-refractivity contribution in [3.05, 3.63) is 41.4 Å². The number of allylic oxidation sites excluding steroid dienone is 1. The SMILES string of the molecule is CCOc1cc(OC2CC3C(=O)NC4(C(=O)OC)CC4/C=C\CCCCCC(NC(=O)OC(C)(C)C)C(=O)N3C2)c2cccc(Cl)c2n1. The largest absolute Gasteiger partial charge is 0.488 e. The van der Waals surface area contributed by atoms with Crippen LogP contribution in [-0.2, 0) is 23.9 Å². The average Bonchev–Trinajstić information content (AvgIpc) is 3.55. The van der Waals surface area contributed by atoms with Gasteiger partial charge in [0.25, 0.3) is 0 Å². The molecule has 5 unspecified atom stereocenters. The highest BCUT2D eigenvalue weighted by Gasteiger charge is 2.62. The molecule has 2 aromatic rings. The quantitative estimate of drug-likeness (QED) is 0.314. The van der Waals surface area contributed by atoms with E-state index >= 15 is 0 Å². The van der Waals surface area contributed by atoms with Crippen LogP contribution in [0.3, 0.4) is 0 Å². The van der Waals surface area contributed by atoms with Crippen LogP contribution in [0.2, 0.25) is 5.02 Å². The average molecular weight is 685 g/mol. The van der Waals surface area contributed by atoms with E-state index in [0.717, 1.165) is 19.3 Å². The van der Waals surface area contributed by atoms with Gasteiger partial charge in [-0.15, -0.1) is 0 Å². The molecule has 0 radical (unpaired) electrons. The molecule has 2 aliphatic heterocycles. The molecule has 12 nitrogen and oxygen atoms in total. The van der Waals surface area contributed by atoms with Crippen molar-refractivity contribution in [3.8, 4) is 11.6 Å². The highest BCUT2D eigenvalue weighted by molar-refractivity contribution is 6.35. The van der Waals surface area contributed by atoms with Crippen LogP contribution in [0.15, 0.2) is 36.4 Å². The number of para-hydroxylation sites is 1. The van der Waals surface area contributed by atoms with Gasteiger partial charge in [0.05, 0.1) is 30.8 Å². The maximum absolute atomic E-state index is 14.3. The van der Waals surface area contributed by atoms with E-state index in [1.807, 2.05) is 25.1 Å². The van der Waals surface area contributed by atoms with Gasteiger partial charge in [0.15, 0.2) is 0 Å². The molecule has 1 saturated carbocycles. The van der Waals surface area contributed by atoms with Crippen molar-refractivity contribution in [1.82, 2.24) is 20.5 Å². The van der Waals surface area contributed by atoms with Crippen LogP contribution in [0.25, 0.3) is 10.9 Å². The number of aromatic nitrogens is 1. The molecule has 3 amide bonds. The van der Waals surface area contributed by atoms with Gasteiger partial charge >= 0.3 is 12.1 Å². The Morgan fingerprint density at radius 2 is 1.98 bits per heavy atom. The molecule has 2 fully saturated rings. The number of amides is 3. The lowest BCUT2D eigenvalue weighted by atomic mass is 10.0. The fourth-order valence-electron chi connectivity index (χ4n) is 6.42. The number of carbonyl (C=O) groups is 4. The number of hydrogen-bond donors (Lipinski definition) is 2. The van der Waals surface area contributed by atoms with E-state index in [0.29, 0.717) is 53.4 Å². The summed E-state index contributed by atoms with van der Waals surface area (Å²) in [6, 6.07) is 5.07. The van der Waals surface area contributed by atoms with Crippen LogP contribution < -0.4 is 20.1 Å². The van der Waals surface area contributed by atoms with Gasteiger partial charge in [0.1, 0.15) is 35.1 Å². The summed E-state index contributed by atoms with van der Waals surface area (Å²) in [4.78, 5) is 60.3. The van der Waals surface area contributed by atoms with E-state index in [9.17, 15) is 19.2 Å². The number of halogens is 1. The third kappa shape index (κ3) is 7.97. The molecule has 1 aliphatic carbocycles. The molecule has 1 aromatic carbocycles. The molecular weight excluding hydrogens is 640 g/mol. The fraction of sp³-hybridized carbons (Fsp3) is 0.571. The predicted octanol–water partition coefficient (Wildman–Crippen LogP) is 5.10. The van der Waals surface area contributed by atoms with Gasteiger partial charge in [-0.1, -0.05) is 42.7 Å². The van der Waals surface area contributed by atoms with E-state index in [1.54, 1.807) is 39.0 Å². The van der Waals surface area contributed by atoms with Gasteiger partial charge in [-0.2, -0.15) is 0 Å². The minimum Gasteiger partial charge on any atom is -0.488 e. The Hall–Kier alpha value is -4.06. The molecule has 1 saturated heterocycles. The van der Waals surface area contributed by atoms with E-state index in [1.165, 1.54) is 12.0 Å². The van der Waals surface area contributed by atoms with E-state index in [-0.39, 0.29) is 18.9 Å². The topological polar surface area (TPSA) is 145 Å². The second kappa shape index (κ2) is 14.6. The number of fused-ring (bicyclic) bond motifs is 3. The first-order valence-electron chi connectivity index (χ1n) is 16.6. The second-order valence-corrected chi connectivity index (χ2v) is 13.9. The summed E-state index contributed by atoms with van der Waals surface area (Å²) < 4.78 is 22.8. The molecule has 3 aliphatic rings. The summed E-state index contributed by atoms with van der Waals surface area (Å²) in [6.07, 6.45) is 6.66. The van der Waals surface area contributed by atoms with Gasteiger partial charge in [-0.25, -0.2) is 14.6 Å². The molecule has 0 spiro atoms. The summed E-state index contributed by atoms with van der Waals surface area (Å²) in [7, 11) is 1.29. The van der Waals surface area contributed by atoms with Crippen LogP contribution in [0, 0.1) is 5.92 Å². The molecule has 1 aromatic heterocycles. The van der Waals surface area contributed by atoms with E-state index < -0.39 is 53.2 Å². The Bertz CT molecular complexity index is 1580. The summed E-state index contributed by atoms with van der Waals surface area (Å²) >= 11 is 6.48. The third-order valence-electron chi connectivity index (χ3n) is 8.79. The van der Waals surface area contributed by atoms with Crippen molar-refractivity contribution in [2.24, 2.45) is 5.92 Å². The number of pyridine rings is 1. The molecule has 13 heteroatoms. The number of alkyl carbamates (subject to hydrolysis) is 1. The maximum Gasteiger partial charge on any atom is 0.408 e. The van der Waals surface area contributed by atoms with Crippen LogP contribution in [-0.4, -0.2) is 83.3 Å². The Morgan fingerprint density at radius 3 is 2.71 bits per heavy atom. The monoisotopic (exact) mass is 684 g/mol. The highest BCUT2D eigenvalue weighted by atomic mass is 35.5. The summed E-state index contributed by atoms with van der Waals surface area (Å²) in [5, 5.41) is 6.77. The fourth-order valence-corrected chi connectivity index (χ4v) is 6.64. The van der Waals surface area contributed by atoms with Gasteiger partial charge in [-0.3, -0.25) is 9.59 Å². The number of rotatable bonds is 6. The van der Waals surface area contributed by atoms with Crippen LogP contribution >= 0.6 is 11.6 Å². The molecule has 5 atom stereocenters. The summed E-state index contributed by atoms with van der Waals surface area (Å²) in [5.74, 6) is -0.927. The minimum absolute atomic E-state index is 0.0479. The third-order valence-corrected chi connectivity index (χ3v) is 9.10. The number of methoxy groups -OCH3 is 1. The lowest BCUT2D eigenvalue weighted by molar-refractivity contribution is -0.148. The van der Waals surface area contributed by atoms with Crippen LogP contribution in [0.1, 0.15) is 72.6 Å². The van der Waals surface area contributed by atoms with Gasteiger partial charge in [0, 0.05) is 23.8 Å². The lowest BCUT2D eigenvalue weighted by Crippen LogP contribution is -2.56. The summed E-state index contributed by atoms with van der Waals surface area (Å²) in [5.41, 5.74) is -1.49. The molecule has 2 N–H and O–H groups in total. The Balaban J connectivity index is 1.48. The van der Waals surface area contributed by atoms with Gasteiger partial charge in [0.2, 0.25) is 17.7 Å². The normalized spacial score (nSPS) is 27.0. The zero-order valence-corrected chi connectivity index (χ0v) is 28.9. The van der Waals surface area contributed by atoms with Crippen molar-refractivity contribution in [2.45, 2.75) is 102 Å². The minimum atomic E-state index is -1.21. The van der Waals surface area contributed by atoms with Crippen LogP contribution in [0.4, 0.5) is 4.79 Å². The Kier molecular flexibility index (Phi) is 10.7. The Morgan fingerprint density at radius 1 is 1.19 bits per heavy atom. The number of nitrogens with zero attached hydrogens (tertiary/aromatic N) is 2. The lowest BCUT2D eigenvalue weighted by Gasteiger charge is -2.30. The van der Waals surface area contributed by atoms with E-state index in [4.69, 9.17) is 30.5 Å². The highest BCUT2D eigenvalue weighted by Crippen LogP contribution is 2.46. The number of nitrogens with one attached hydrogen (secondary N) is 2. The summed E-state index contributed by atoms with van der Waals surface area (Å²) in [6.45, 7) is 7.50. The number of carbonyl (C=O) groups excluding carboxylic acids is 4. The first kappa shape index (κ1) is 35.3. The molecule has 260 valence electrons.